The number of fused-ring (bicyclic) bond motifs is 4. The second kappa shape index (κ2) is 4.66. The summed E-state index contributed by atoms with van der Waals surface area (Å²) < 4.78 is 0. The highest BCUT2D eigenvalue weighted by Gasteiger charge is 2.32. The van der Waals surface area contributed by atoms with Crippen LogP contribution in [0.4, 0.5) is 0 Å². The summed E-state index contributed by atoms with van der Waals surface area (Å²) in [6.07, 6.45) is 5.41. The minimum absolute atomic E-state index is 0.00718. The largest absolute Gasteiger partial charge is 0.289 e. The van der Waals surface area contributed by atoms with E-state index in [2.05, 4.69) is 6.07 Å². The fourth-order valence-corrected chi connectivity index (χ4v) is 3.61. The van der Waals surface area contributed by atoms with Crippen LogP contribution in [-0.4, -0.2) is 11.6 Å². The molecule has 0 aromatic heterocycles. The van der Waals surface area contributed by atoms with Crippen molar-refractivity contribution < 1.29 is 9.59 Å². The van der Waals surface area contributed by atoms with Crippen molar-refractivity contribution in [2.45, 2.75) is 32.1 Å². The Balaban J connectivity index is 1.99. The number of ketones is 2. The zero-order chi connectivity index (χ0) is 14.4. The Hall–Kier alpha value is -2.22. The van der Waals surface area contributed by atoms with Crippen molar-refractivity contribution in [2.75, 3.05) is 0 Å². The summed E-state index contributed by atoms with van der Waals surface area (Å²) >= 11 is 0. The predicted octanol–water partition coefficient (Wildman–Crippen LogP) is 3.73. The molecule has 2 heteroatoms. The van der Waals surface area contributed by atoms with Crippen molar-refractivity contribution in [2.24, 2.45) is 0 Å². The quantitative estimate of drug-likeness (QED) is 0.586. The monoisotopic (exact) mass is 276 g/mol. The average molecular weight is 276 g/mol. The Morgan fingerprint density at radius 1 is 0.667 bits per heavy atom. The number of carbonyl (C=O) groups is 2. The molecule has 0 heterocycles. The molecule has 0 atom stereocenters. The lowest BCUT2D eigenvalue weighted by molar-refractivity contribution is 0.0978. The Morgan fingerprint density at radius 3 is 2.19 bits per heavy atom. The Bertz CT molecular complexity index is 771. The van der Waals surface area contributed by atoms with Crippen LogP contribution >= 0.6 is 0 Å². The van der Waals surface area contributed by atoms with Gasteiger partial charge in [0, 0.05) is 22.3 Å². The molecule has 0 spiro atoms. The molecule has 2 aliphatic carbocycles. The van der Waals surface area contributed by atoms with Gasteiger partial charge in [-0.2, -0.15) is 0 Å². The molecule has 2 aliphatic rings. The van der Waals surface area contributed by atoms with Crippen LogP contribution < -0.4 is 0 Å². The third-order valence-corrected chi connectivity index (χ3v) is 4.67. The Kier molecular flexibility index (Phi) is 2.78. The van der Waals surface area contributed by atoms with E-state index in [9.17, 15) is 9.59 Å². The van der Waals surface area contributed by atoms with Gasteiger partial charge in [0.15, 0.2) is 11.6 Å². The summed E-state index contributed by atoms with van der Waals surface area (Å²) in [5.41, 5.74) is 4.76. The van der Waals surface area contributed by atoms with Gasteiger partial charge in [-0.3, -0.25) is 9.59 Å². The van der Waals surface area contributed by atoms with Crippen LogP contribution in [0.15, 0.2) is 36.4 Å². The smallest absolute Gasteiger partial charge is 0.194 e. The first-order valence-corrected chi connectivity index (χ1v) is 7.60. The first-order chi connectivity index (χ1) is 10.3. The van der Waals surface area contributed by atoms with Crippen LogP contribution in [0.5, 0.6) is 0 Å². The van der Waals surface area contributed by atoms with Gasteiger partial charge in [0.1, 0.15) is 0 Å². The first kappa shape index (κ1) is 12.5. The third-order valence-electron chi connectivity index (χ3n) is 4.67. The van der Waals surface area contributed by atoms with Gasteiger partial charge < -0.3 is 0 Å². The van der Waals surface area contributed by atoms with Crippen molar-refractivity contribution in [1.82, 2.24) is 0 Å². The van der Waals surface area contributed by atoms with Gasteiger partial charge in [0.2, 0.25) is 0 Å². The molecule has 0 fully saturated rings. The average Bonchev–Trinajstić information content (AvgIpc) is 2.77. The summed E-state index contributed by atoms with van der Waals surface area (Å²) in [5.74, 6) is 0.0196. The van der Waals surface area contributed by atoms with E-state index in [0.29, 0.717) is 22.3 Å². The molecule has 0 radical (unpaired) electrons. The molecule has 2 aromatic rings. The predicted molar refractivity (Wildman–Crippen MR) is 81.0 cm³/mol. The topological polar surface area (TPSA) is 34.1 Å². The highest BCUT2D eigenvalue weighted by atomic mass is 16.1. The molecule has 2 nitrogen and oxygen atoms in total. The number of rotatable bonds is 0. The second-order valence-electron chi connectivity index (χ2n) is 5.89. The molecule has 0 saturated carbocycles. The fraction of sp³-hybridized carbons (Fsp3) is 0.263. The van der Waals surface area contributed by atoms with Crippen LogP contribution in [0, 0.1) is 0 Å². The normalized spacial score (nSPS) is 16.8. The molecule has 0 unspecified atom stereocenters. The van der Waals surface area contributed by atoms with Gasteiger partial charge in [-0.1, -0.05) is 36.8 Å². The van der Waals surface area contributed by atoms with Crippen molar-refractivity contribution >= 4 is 11.6 Å². The minimum atomic E-state index is -0.00718. The molecule has 2 aromatic carbocycles. The van der Waals surface area contributed by atoms with E-state index in [0.717, 1.165) is 24.8 Å². The number of carbonyl (C=O) groups excluding carboxylic acids is 2. The maximum atomic E-state index is 12.9. The number of hydrogen-bond donors (Lipinski definition) is 0. The van der Waals surface area contributed by atoms with Crippen LogP contribution in [0.1, 0.15) is 62.2 Å². The van der Waals surface area contributed by atoms with E-state index in [1.165, 1.54) is 18.4 Å². The maximum Gasteiger partial charge on any atom is 0.194 e. The lowest BCUT2D eigenvalue weighted by atomic mass is 9.79. The van der Waals surface area contributed by atoms with Crippen molar-refractivity contribution in [3.63, 3.8) is 0 Å². The van der Waals surface area contributed by atoms with E-state index in [4.69, 9.17) is 0 Å². The summed E-state index contributed by atoms with van der Waals surface area (Å²) in [4.78, 5) is 25.6. The molecule has 0 aliphatic heterocycles. The maximum absolute atomic E-state index is 12.9. The molecule has 0 saturated heterocycles. The van der Waals surface area contributed by atoms with Crippen molar-refractivity contribution in [3.05, 3.63) is 69.8 Å². The van der Waals surface area contributed by atoms with E-state index in [1.54, 1.807) is 12.1 Å². The first-order valence-electron chi connectivity index (χ1n) is 7.60. The molecule has 0 N–H and O–H groups in total. The third kappa shape index (κ3) is 1.79. The van der Waals surface area contributed by atoms with Gasteiger partial charge in [-0.05, 0) is 42.9 Å². The zero-order valence-corrected chi connectivity index (χ0v) is 11.8. The van der Waals surface area contributed by atoms with E-state index in [-0.39, 0.29) is 11.6 Å². The zero-order valence-electron chi connectivity index (χ0n) is 11.8. The van der Waals surface area contributed by atoms with Crippen LogP contribution in [0.2, 0.25) is 0 Å². The van der Waals surface area contributed by atoms with E-state index in [1.807, 2.05) is 18.2 Å². The minimum Gasteiger partial charge on any atom is -0.289 e. The van der Waals surface area contributed by atoms with Gasteiger partial charge >= 0.3 is 0 Å². The number of benzene rings is 2. The number of aryl methyl sites for hydroxylation is 1. The summed E-state index contributed by atoms with van der Waals surface area (Å²) in [7, 11) is 0. The Labute approximate surface area is 123 Å². The van der Waals surface area contributed by atoms with Crippen molar-refractivity contribution in [1.29, 1.82) is 0 Å². The molecule has 0 amide bonds. The van der Waals surface area contributed by atoms with Gasteiger partial charge in [-0.15, -0.1) is 0 Å². The highest BCUT2D eigenvalue weighted by Crippen LogP contribution is 2.33. The second-order valence-corrected chi connectivity index (χ2v) is 5.89. The lowest BCUT2D eigenvalue weighted by Gasteiger charge is -2.21. The SMILES string of the molecule is O=C1c2ccccc2C(=O)c2c1ccc1c2CCCCC1. The van der Waals surface area contributed by atoms with E-state index >= 15 is 0 Å². The fourth-order valence-electron chi connectivity index (χ4n) is 3.61. The summed E-state index contributed by atoms with van der Waals surface area (Å²) in [6.45, 7) is 0. The molecule has 21 heavy (non-hydrogen) atoms. The van der Waals surface area contributed by atoms with Gasteiger partial charge in [-0.25, -0.2) is 0 Å². The van der Waals surface area contributed by atoms with Crippen LogP contribution in [0.25, 0.3) is 0 Å². The van der Waals surface area contributed by atoms with Crippen LogP contribution in [-0.2, 0) is 12.8 Å². The molecule has 104 valence electrons. The molecule has 4 rings (SSSR count). The summed E-state index contributed by atoms with van der Waals surface area (Å²) in [6, 6.07) is 11.1. The standard InChI is InChI=1S/C19H16O2/c20-18-14-8-4-5-9-15(14)19(21)17-13-7-3-1-2-6-12(13)10-11-16(17)18/h4-5,8-11H,1-3,6-7H2. The molecule has 0 bridgehead atoms. The summed E-state index contributed by atoms with van der Waals surface area (Å²) in [5, 5.41) is 0. The Morgan fingerprint density at radius 2 is 1.38 bits per heavy atom. The lowest BCUT2D eigenvalue weighted by Crippen LogP contribution is -2.23. The van der Waals surface area contributed by atoms with E-state index < -0.39 is 0 Å². The van der Waals surface area contributed by atoms with Crippen LogP contribution in [0.3, 0.4) is 0 Å². The number of hydrogen-bond acceptors (Lipinski definition) is 2. The highest BCUT2D eigenvalue weighted by molar-refractivity contribution is 6.29. The molecular formula is C19H16O2. The van der Waals surface area contributed by atoms with Crippen molar-refractivity contribution in [3.8, 4) is 0 Å². The van der Waals surface area contributed by atoms with Gasteiger partial charge in [0.25, 0.3) is 0 Å². The van der Waals surface area contributed by atoms with Gasteiger partial charge in [0.05, 0.1) is 0 Å². The molecular weight excluding hydrogens is 260 g/mol.